The molecule has 0 unspecified atom stereocenters. The topological polar surface area (TPSA) is 117 Å². The van der Waals surface area contributed by atoms with Crippen molar-refractivity contribution in [2.45, 2.75) is 0 Å². The summed E-state index contributed by atoms with van der Waals surface area (Å²) in [5.41, 5.74) is 0. The van der Waals surface area contributed by atoms with E-state index in [1.807, 2.05) is 0 Å². The summed E-state index contributed by atoms with van der Waals surface area (Å²) >= 11 is 0. The molecule has 0 rings (SSSR count). The normalized spacial score (nSPS) is 2.00. The molecule has 0 atom stereocenters. The first-order valence-corrected chi connectivity index (χ1v) is 0.408. The molecule has 0 spiro atoms. The predicted octanol–water partition coefficient (Wildman–Crippen LogP) is -4.23. The van der Waals surface area contributed by atoms with E-state index in [9.17, 15) is 0 Å². The van der Waals surface area contributed by atoms with Gasteiger partial charge in [0.1, 0.15) is 0 Å². The first-order valence-electron chi connectivity index (χ1n) is 0.408. The Morgan fingerprint density at radius 1 is 1.33 bits per heavy atom. The molecule has 0 saturated heterocycles. The molecule has 6 heavy (non-hydrogen) atoms. The van der Waals surface area contributed by atoms with Gasteiger partial charge in [-0.2, -0.15) is 0 Å². The van der Waals surface area contributed by atoms with Gasteiger partial charge in [-0.1, -0.05) is 0 Å². The van der Waals surface area contributed by atoms with E-state index in [1.165, 1.54) is 0 Å². The van der Waals surface area contributed by atoms with Gasteiger partial charge in [0.15, 0.2) is 0 Å². The van der Waals surface area contributed by atoms with Crippen LogP contribution in [-0.2, 0) is 0 Å². The van der Waals surface area contributed by atoms with E-state index >= 15 is 0 Å². The molecule has 0 aromatic rings. The summed E-state index contributed by atoms with van der Waals surface area (Å²) in [6, 6.07) is 0. The molecule has 0 bridgehead atoms. The first kappa shape index (κ1) is 30.8. The van der Waals surface area contributed by atoms with Crippen LogP contribution in [0.25, 0.3) is 0 Å². The fraction of sp³-hybridized carbons (Fsp3) is 0. The second kappa shape index (κ2) is 46.9. The molecule has 0 radical (unpaired) electrons. The van der Waals surface area contributed by atoms with E-state index in [0.29, 0.717) is 0 Å². The van der Waals surface area contributed by atoms with Gasteiger partial charge in [0, 0.05) is 5.34 Å². The van der Waals surface area contributed by atoms with Crippen LogP contribution in [0.2, 0.25) is 0 Å². The molecule has 0 aromatic carbocycles. The van der Waals surface area contributed by atoms with E-state index in [-0.39, 0.29) is 54.0 Å². The zero-order chi connectivity index (χ0) is 2.71. The fourth-order valence-electron chi connectivity index (χ4n) is 0. The molecule has 5 nitrogen and oxygen atoms in total. The van der Waals surface area contributed by atoms with Crippen molar-refractivity contribution in [3.8, 4) is 0 Å². The molecule has 0 saturated carbocycles. The summed E-state index contributed by atoms with van der Waals surface area (Å²) in [6.45, 7) is 0. The Labute approximate surface area is 63.9 Å². The average Bonchev–Trinajstić information content (AvgIpc) is 0.918. The Hall–Kier alpha value is 0.580. The van der Waals surface area contributed by atoms with E-state index in [4.69, 9.17) is 10.1 Å². The van der Waals surface area contributed by atoms with Crippen molar-refractivity contribution < 1.29 is 16.3 Å². The van der Waals surface area contributed by atoms with Crippen LogP contribution in [0.1, 0.15) is 0 Å². The van der Waals surface area contributed by atoms with Gasteiger partial charge in [-0.3, -0.25) is 10.1 Å². The third kappa shape index (κ3) is 175. The minimum atomic E-state index is 0. The van der Waals surface area contributed by atoms with E-state index in [0.717, 1.165) is 0 Å². The van der Waals surface area contributed by atoms with Crippen molar-refractivity contribution in [3.63, 3.8) is 0 Å². The van der Waals surface area contributed by atoms with Crippen LogP contribution in [0.15, 0.2) is 0 Å². The quantitative estimate of drug-likeness (QED) is 0.200. The van der Waals surface area contributed by atoms with Gasteiger partial charge in [0.2, 0.25) is 0 Å². The zero-order valence-electron chi connectivity index (χ0n) is 2.32. The van der Waals surface area contributed by atoms with Crippen molar-refractivity contribution in [1.82, 2.24) is 0 Å². The summed E-state index contributed by atoms with van der Waals surface area (Å²) < 4.78 is 0. The standard InChI is InChI=1S/Ca.HNO2.2H2O.2H/c;2-1-3;;;;/h;1H;2*1H2;;. The van der Waals surface area contributed by atoms with Gasteiger partial charge in [-0.25, -0.2) is 0 Å². The van der Waals surface area contributed by atoms with Crippen LogP contribution < -0.4 is 5.34 Å². The average molecular weight is 125 g/mol. The number of hydrogen-bond donors (Lipinski definition) is 1. The van der Waals surface area contributed by atoms with Gasteiger partial charge >= 0.3 is 37.7 Å². The number of hydrogen-bond acceptors (Lipinski definition) is 2. The third-order valence-electron chi connectivity index (χ3n) is 0. The zero-order valence-corrected chi connectivity index (χ0v) is 2.32. The third-order valence-corrected chi connectivity index (χ3v) is 0. The first-order chi connectivity index (χ1) is 1.41. The van der Waals surface area contributed by atoms with Gasteiger partial charge in [-0.05, 0) is 0 Å². The van der Waals surface area contributed by atoms with Gasteiger partial charge in [0.05, 0.1) is 0 Å². The molecule has 6 heteroatoms. The Morgan fingerprint density at radius 3 is 1.33 bits per heavy atom. The Kier molecular flexibility index (Phi) is 241. The molecule has 38 valence electrons. The van der Waals surface area contributed by atoms with Gasteiger partial charge < -0.3 is 11.0 Å². The summed E-state index contributed by atoms with van der Waals surface area (Å²) in [5.74, 6) is 0. The van der Waals surface area contributed by atoms with Crippen LogP contribution in [0.5, 0.6) is 0 Å². The number of nitrogens with one attached hydrogen (secondary N) is 1. The van der Waals surface area contributed by atoms with E-state index in [1.54, 1.807) is 0 Å². The van der Waals surface area contributed by atoms with E-state index in [2.05, 4.69) is 0 Å². The number of rotatable bonds is 0. The van der Waals surface area contributed by atoms with Gasteiger partial charge in [0.25, 0.3) is 0 Å². The second-order valence-corrected chi connectivity index (χ2v) is 0.0833. The van der Waals surface area contributed by atoms with Crippen LogP contribution in [-0.4, -0.2) is 48.7 Å². The monoisotopic (exact) mass is 125 g/mol. The molecule has 5 N–H and O–H groups in total. The molecule has 0 amide bonds. The predicted molar refractivity (Wildman–Crippen MR) is 23.5 cm³/mol. The maximum absolute atomic E-state index is 8.12. The van der Waals surface area contributed by atoms with E-state index < -0.39 is 0 Å². The van der Waals surface area contributed by atoms with Crippen molar-refractivity contribution in [2.75, 3.05) is 0 Å². The Morgan fingerprint density at radius 2 is 1.33 bits per heavy atom. The van der Waals surface area contributed by atoms with Crippen molar-refractivity contribution in [2.24, 2.45) is 0 Å². The van der Waals surface area contributed by atoms with Gasteiger partial charge in [-0.15, -0.1) is 0 Å². The molecule has 0 aliphatic carbocycles. The molecule has 0 aliphatic heterocycles. The van der Waals surface area contributed by atoms with Crippen molar-refractivity contribution in [1.29, 1.82) is 0 Å². The van der Waals surface area contributed by atoms with Crippen LogP contribution in [0.3, 0.4) is 0 Å². The molecule has 0 aliphatic rings. The maximum atomic E-state index is 8.12. The van der Waals surface area contributed by atoms with Crippen molar-refractivity contribution >= 4 is 37.7 Å². The molecule has 0 heterocycles. The summed E-state index contributed by atoms with van der Waals surface area (Å²) in [4.78, 5) is 8.12. The summed E-state index contributed by atoms with van der Waals surface area (Å²) in [7, 11) is 0. The SMILES string of the molecule is O.O.O=[NH+][O-].[CaH2]. The molecule has 0 fully saturated rings. The summed E-state index contributed by atoms with van der Waals surface area (Å²) in [6.07, 6.45) is 0. The van der Waals surface area contributed by atoms with Crippen LogP contribution >= 0.6 is 0 Å². The van der Waals surface area contributed by atoms with Crippen LogP contribution in [0, 0.1) is 10.1 Å². The summed E-state index contributed by atoms with van der Waals surface area (Å²) in [5, 5.41) is 8.38. The minimum absolute atomic E-state index is 0. The molecular weight excluding hydrogens is 118 g/mol. The van der Waals surface area contributed by atoms with Crippen molar-refractivity contribution in [3.05, 3.63) is 10.1 Å². The fourth-order valence-corrected chi connectivity index (χ4v) is 0. The van der Waals surface area contributed by atoms with Crippen LogP contribution in [0.4, 0.5) is 0 Å². The Balaban J connectivity index is -0.00000000667. The molecule has 0 aromatic heterocycles. The second-order valence-electron chi connectivity index (χ2n) is 0.0833. The Bertz CT molecular complexity index is 15.0. The molecular formula is H7CaNO4.